The largest absolute Gasteiger partial charge is 0.388 e. The second-order valence-electron chi connectivity index (χ2n) is 4.46. The molecule has 0 saturated carbocycles. The molecule has 1 rings (SSSR count). The molecule has 0 radical (unpaired) electrons. The highest BCUT2D eigenvalue weighted by Crippen LogP contribution is 2.26. The van der Waals surface area contributed by atoms with Crippen molar-refractivity contribution in [1.29, 1.82) is 0 Å². The maximum atomic E-state index is 10.0. The molecule has 1 aromatic carbocycles. The lowest BCUT2D eigenvalue weighted by Gasteiger charge is -2.20. The Labute approximate surface area is 86.8 Å². The molecule has 78 valence electrons. The van der Waals surface area contributed by atoms with Gasteiger partial charge in [0.2, 0.25) is 0 Å². The molecular formula is C13H20O. The van der Waals surface area contributed by atoms with Crippen LogP contribution in [0.3, 0.4) is 0 Å². The molecule has 0 aromatic heterocycles. The minimum absolute atomic E-state index is 0.321. The topological polar surface area (TPSA) is 20.2 Å². The first-order valence-corrected chi connectivity index (χ1v) is 5.34. The maximum Gasteiger partial charge on any atom is 0.0815 e. The molecule has 2 atom stereocenters. The van der Waals surface area contributed by atoms with Gasteiger partial charge in [0.05, 0.1) is 6.10 Å². The third kappa shape index (κ3) is 3.15. The van der Waals surface area contributed by atoms with E-state index < -0.39 is 0 Å². The van der Waals surface area contributed by atoms with Crippen LogP contribution in [-0.2, 0) is 0 Å². The predicted octanol–water partition coefficient (Wildman–Crippen LogP) is 3.40. The first-order valence-electron chi connectivity index (χ1n) is 5.34. The van der Waals surface area contributed by atoms with Crippen molar-refractivity contribution in [2.75, 3.05) is 0 Å². The molecule has 1 aromatic rings. The summed E-state index contributed by atoms with van der Waals surface area (Å²) in [5.41, 5.74) is 1.03. The Morgan fingerprint density at radius 1 is 1.07 bits per heavy atom. The molecule has 1 N–H and O–H groups in total. The smallest absolute Gasteiger partial charge is 0.0815 e. The number of rotatable bonds is 4. The SMILES string of the molecule is CC(C)CC(C)[C@H](O)c1ccccc1. The molecule has 14 heavy (non-hydrogen) atoms. The zero-order valence-corrected chi connectivity index (χ0v) is 9.27. The fraction of sp³-hybridized carbons (Fsp3) is 0.538. The van der Waals surface area contributed by atoms with Crippen LogP contribution in [0.4, 0.5) is 0 Å². The lowest BCUT2D eigenvalue weighted by Crippen LogP contribution is -2.11. The Morgan fingerprint density at radius 2 is 1.64 bits per heavy atom. The van der Waals surface area contributed by atoms with Gasteiger partial charge in [0.1, 0.15) is 0 Å². The fourth-order valence-electron chi connectivity index (χ4n) is 1.85. The number of benzene rings is 1. The van der Waals surface area contributed by atoms with Gasteiger partial charge in [-0.2, -0.15) is 0 Å². The van der Waals surface area contributed by atoms with E-state index in [1.54, 1.807) is 0 Å². The van der Waals surface area contributed by atoms with E-state index in [9.17, 15) is 5.11 Å². The van der Waals surface area contributed by atoms with Gasteiger partial charge in [0.25, 0.3) is 0 Å². The zero-order valence-electron chi connectivity index (χ0n) is 9.27. The molecule has 0 heterocycles. The average molecular weight is 192 g/mol. The van der Waals surface area contributed by atoms with Crippen LogP contribution in [0.2, 0.25) is 0 Å². The Hall–Kier alpha value is -0.820. The molecule has 1 heteroatoms. The van der Waals surface area contributed by atoms with Crippen LogP contribution < -0.4 is 0 Å². The highest BCUT2D eigenvalue weighted by Gasteiger charge is 2.16. The second kappa shape index (κ2) is 5.16. The van der Waals surface area contributed by atoms with Gasteiger partial charge < -0.3 is 5.11 Å². The van der Waals surface area contributed by atoms with Crippen molar-refractivity contribution in [1.82, 2.24) is 0 Å². The lowest BCUT2D eigenvalue weighted by molar-refractivity contribution is 0.105. The predicted molar refractivity (Wildman–Crippen MR) is 60.0 cm³/mol. The van der Waals surface area contributed by atoms with Gasteiger partial charge >= 0.3 is 0 Å². The van der Waals surface area contributed by atoms with E-state index in [0.29, 0.717) is 11.8 Å². The van der Waals surface area contributed by atoms with Crippen molar-refractivity contribution in [2.45, 2.75) is 33.3 Å². The summed E-state index contributed by atoms with van der Waals surface area (Å²) in [5.74, 6) is 0.973. The highest BCUT2D eigenvalue weighted by molar-refractivity contribution is 5.17. The molecule has 1 unspecified atom stereocenters. The van der Waals surface area contributed by atoms with Gasteiger partial charge in [0.15, 0.2) is 0 Å². The first-order chi connectivity index (χ1) is 6.61. The second-order valence-corrected chi connectivity index (χ2v) is 4.46. The standard InChI is InChI=1S/C13H20O/c1-10(2)9-11(3)13(14)12-7-5-4-6-8-12/h4-8,10-11,13-14H,9H2,1-3H3/t11?,13-/m0/s1. The van der Waals surface area contributed by atoms with Crippen LogP contribution in [-0.4, -0.2) is 5.11 Å². The Balaban J connectivity index is 2.61. The van der Waals surface area contributed by atoms with E-state index in [-0.39, 0.29) is 6.10 Å². The number of hydrogen-bond acceptors (Lipinski definition) is 1. The van der Waals surface area contributed by atoms with Gasteiger partial charge in [-0.1, -0.05) is 51.1 Å². The van der Waals surface area contributed by atoms with Crippen LogP contribution in [0, 0.1) is 11.8 Å². The molecule has 0 aliphatic carbocycles. The molecule has 0 aliphatic rings. The summed E-state index contributed by atoms with van der Waals surface area (Å²) < 4.78 is 0. The average Bonchev–Trinajstić information content (AvgIpc) is 2.17. The third-order valence-electron chi connectivity index (χ3n) is 2.52. The van der Waals surface area contributed by atoms with E-state index in [4.69, 9.17) is 0 Å². The zero-order chi connectivity index (χ0) is 10.6. The molecule has 0 aliphatic heterocycles. The van der Waals surface area contributed by atoms with Crippen LogP contribution in [0.1, 0.15) is 38.9 Å². The fourth-order valence-corrected chi connectivity index (χ4v) is 1.85. The first kappa shape index (κ1) is 11.3. The summed E-state index contributed by atoms with van der Waals surface area (Å²) in [6, 6.07) is 9.90. The van der Waals surface area contributed by atoms with Crippen molar-refractivity contribution in [3.05, 3.63) is 35.9 Å². The third-order valence-corrected chi connectivity index (χ3v) is 2.52. The minimum atomic E-state index is -0.321. The quantitative estimate of drug-likeness (QED) is 0.775. The minimum Gasteiger partial charge on any atom is -0.388 e. The molecule has 0 saturated heterocycles. The number of aliphatic hydroxyl groups excluding tert-OH is 1. The van der Waals surface area contributed by atoms with Crippen LogP contribution in [0.5, 0.6) is 0 Å². The Morgan fingerprint density at radius 3 is 2.14 bits per heavy atom. The summed E-state index contributed by atoms with van der Waals surface area (Å²) in [6.07, 6.45) is 0.745. The normalized spacial score (nSPS) is 15.5. The summed E-state index contributed by atoms with van der Waals surface area (Å²) in [4.78, 5) is 0. The van der Waals surface area contributed by atoms with Crippen molar-refractivity contribution >= 4 is 0 Å². The van der Waals surface area contributed by atoms with Gasteiger partial charge in [-0.05, 0) is 23.8 Å². The van der Waals surface area contributed by atoms with E-state index in [0.717, 1.165) is 12.0 Å². The molecule has 0 fully saturated rings. The lowest BCUT2D eigenvalue weighted by atomic mass is 9.90. The van der Waals surface area contributed by atoms with E-state index in [1.165, 1.54) is 0 Å². The number of aliphatic hydroxyl groups is 1. The molecule has 0 amide bonds. The summed E-state index contributed by atoms with van der Waals surface area (Å²) in [7, 11) is 0. The van der Waals surface area contributed by atoms with Crippen LogP contribution in [0.15, 0.2) is 30.3 Å². The molecule has 0 bridgehead atoms. The summed E-state index contributed by atoms with van der Waals surface area (Å²) >= 11 is 0. The van der Waals surface area contributed by atoms with Gasteiger partial charge in [-0.3, -0.25) is 0 Å². The van der Waals surface area contributed by atoms with Crippen LogP contribution >= 0.6 is 0 Å². The molecular weight excluding hydrogens is 172 g/mol. The molecule has 0 spiro atoms. The van der Waals surface area contributed by atoms with Crippen molar-refractivity contribution in [3.8, 4) is 0 Å². The van der Waals surface area contributed by atoms with Gasteiger partial charge in [-0.25, -0.2) is 0 Å². The summed E-state index contributed by atoms with van der Waals surface area (Å²) in [6.45, 7) is 6.49. The summed E-state index contributed by atoms with van der Waals surface area (Å²) in [5, 5.41) is 10.0. The van der Waals surface area contributed by atoms with Gasteiger partial charge in [-0.15, -0.1) is 0 Å². The molecule has 1 nitrogen and oxygen atoms in total. The van der Waals surface area contributed by atoms with E-state index in [1.807, 2.05) is 30.3 Å². The van der Waals surface area contributed by atoms with E-state index in [2.05, 4.69) is 20.8 Å². The van der Waals surface area contributed by atoms with E-state index >= 15 is 0 Å². The maximum absolute atomic E-state index is 10.0. The Bertz CT molecular complexity index is 253. The highest BCUT2D eigenvalue weighted by atomic mass is 16.3. The van der Waals surface area contributed by atoms with Gasteiger partial charge in [0, 0.05) is 0 Å². The Kier molecular flexibility index (Phi) is 4.15. The van der Waals surface area contributed by atoms with Crippen molar-refractivity contribution in [2.24, 2.45) is 11.8 Å². The monoisotopic (exact) mass is 192 g/mol. The number of hydrogen-bond donors (Lipinski definition) is 1. The van der Waals surface area contributed by atoms with Crippen LogP contribution in [0.25, 0.3) is 0 Å². The van der Waals surface area contributed by atoms with Crippen molar-refractivity contribution < 1.29 is 5.11 Å². The van der Waals surface area contributed by atoms with Crippen molar-refractivity contribution in [3.63, 3.8) is 0 Å².